The second-order valence-corrected chi connectivity index (χ2v) is 11.9. The molecule has 7 rings (SSSR count). The fourth-order valence-corrected chi connectivity index (χ4v) is 7.01. The number of ether oxygens (including phenoxy) is 1. The zero-order valence-electron chi connectivity index (χ0n) is 25.0. The van der Waals surface area contributed by atoms with Gasteiger partial charge in [0.2, 0.25) is 0 Å². The average molecular weight is 591 g/mol. The highest BCUT2D eigenvalue weighted by Crippen LogP contribution is 2.41. The van der Waals surface area contributed by atoms with E-state index in [9.17, 15) is 19.2 Å². The van der Waals surface area contributed by atoms with Crippen molar-refractivity contribution in [1.82, 2.24) is 14.5 Å². The number of ketones is 2. The molecule has 1 atom stereocenters. The molecule has 44 heavy (non-hydrogen) atoms. The third-order valence-corrected chi connectivity index (χ3v) is 9.60. The van der Waals surface area contributed by atoms with E-state index < -0.39 is 11.4 Å². The second kappa shape index (κ2) is 10.8. The van der Waals surface area contributed by atoms with Crippen LogP contribution in [0.5, 0.6) is 0 Å². The molecule has 4 aromatic rings. The SMILES string of the molecule is CC[C@@]1(C(=O)CCN2CCN(c3ccc(C(C)=O)cc3)CC2)C(=O)OCc2c1cc1n(c2=O)Cc2cc3ccccc3nc2-1. The minimum Gasteiger partial charge on any atom is -0.460 e. The molecular weight excluding hydrogens is 556 g/mol. The number of carbonyl (C=O) groups is 3. The first kappa shape index (κ1) is 28.2. The van der Waals surface area contributed by atoms with Gasteiger partial charge in [0.1, 0.15) is 6.61 Å². The van der Waals surface area contributed by atoms with Gasteiger partial charge in [-0.2, -0.15) is 0 Å². The van der Waals surface area contributed by atoms with Gasteiger partial charge in [-0.3, -0.25) is 24.1 Å². The molecule has 3 aliphatic rings. The molecule has 0 spiro atoms. The number of piperazine rings is 1. The predicted octanol–water partition coefficient (Wildman–Crippen LogP) is 4.11. The van der Waals surface area contributed by atoms with Gasteiger partial charge in [-0.05, 0) is 61.4 Å². The molecule has 0 amide bonds. The van der Waals surface area contributed by atoms with Crippen LogP contribution in [-0.2, 0) is 32.9 Å². The van der Waals surface area contributed by atoms with Gasteiger partial charge in [-0.1, -0.05) is 25.1 Å². The number of anilines is 1. The predicted molar refractivity (Wildman–Crippen MR) is 167 cm³/mol. The summed E-state index contributed by atoms with van der Waals surface area (Å²) in [6, 6.07) is 19.4. The summed E-state index contributed by atoms with van der Waals surface area (Å²) >= 11 is 0. The van der Waals surface area contributed by atoms with Crippen molar-refractivity contribution >= 4 is 34.1 Å². The van der Waals surface area contributed by atoms with Gasteiger partial charge in [0.15, 0.2) is 17.0 Å². The van der Waals surface area contributed by atoms with Crippen molar-refractivity contribution in [3.05, 3.63) is 93.3 Å². The molecule has 0 aliphatic carbocycles. The summed E-state index contributed by atoms with van der Waals surface area (Å²) in [5.74, 6) is -0.752. The van der Waals surface area contributed by atoms with Crippen LogP contribution >= 0.6 is 0 Å². The van der Waals surface area contributed by atoms with Crippen LogP contribution in [0.3, 0.4) is 0 Å². The van der Waals surface area contributed by atoms with Crippen molar-refractivity contribution in [2.45, 2.75) is 45.3 Å². The summed E-state index contributed by atoms with van der Waals surface area (Å²) in [7, 11) is 0. The molecule has 0 saturated carbocycles. The van der Waals surface area contributed by atoms with Gasteiger partial charge in [0.05, 0.1) is 29.0 Å². The number of carbonyl (C=O) groups excluding carboxylic acids is 3. The number of para-hydroxylation sites is 1. The maximum absolute atomic E-state index is 14.1. The zero-order chi connectivity index (χ0) is 30.6. The number of hydrogen-bond acceptors (Lipinski definition) is 8. The first-order valence-corrected chi connectivity index (χ1v) is 15.2. The molecule has 1 fully saturated rings. The fraction of sp³-hybridized carbons (Fsp3) is 0.343. The molecule has 0 bridgehead atoms. The van der Waals surface area contributed by atoms with Crippen LogP contribution in [0.15, 0.2) is 65.5 Å². The molecule has 2 aromatic heterocycles. The van der Waals surface area contributed by atoms with Gasteiger partial charge in [0, 0.05) is 61.3 Å². The molecule has 3 aliphatic heterocycles. The lowest BCUT2D eigenvalue weighted by atomic mass is 9.70. The van der Waals surface area contributed by atoms with E-state index in [4.69, 9.17) is 9.72 Å². The van der Waals surface area contributed by atoms with Gasteiger partial charge < -0.3 is 14.2 Å². The fourth-order valence-electron chi connectivity index (χ4n) is 7.01. The Bertz CT molecular complexity index is 1890. The Labute approximate surface area is 255 Å². The van der Waals surface area contributed by atoms with Gasteiger partial charge in [0.25, 0.3) is 5.56 Å². The van der Waals surface area contributed by atoms with E-state index in [1.165, 1.54) is 0 Å². The normalized spacial score (nSPS) is 19.3. The maximum atomic E-state index is 14.1. The Hall–Kier alpha value is -4.63. The Balaban J connectivity index is 1.13. The van der Waals surface area contributed by atoms with Crippen molar-refractivity contribution in [2.24, 2.45) is 0 Å². The molecule has 0 N–H and O–H groups in total. The number of aromatic nitrogens is 2. The summed E-state index contributed by atoms with van der Waals surface area (Å²) in [6.07, 6.45) is 0.385. The number of pyridine rings is 2. The van der Waals surface area contributed by atoms with Gasteiger partial charge >= 0.3 is 5.97 Å². The highest BCUT2D eigenvalue weighted by Gasteiger charge is 2.52. The number of Topliss-reactive ketones (excluding diaryl/α,β-unsaturated/α-hetero) is 2. The number of nitrogens with zero attached hydrogens (tertiary/aromatic N) is 4. The first-order valence-electron chi connectivity index (χ1n) is 15.2. The molecule has 0 radical (unpaired) electrons. The number of benzene rings is 2. The summed E-state index contributed by atoms with van der Waals surface area (Å²) in [5.41, 5.74) is 3.99. The molecule has 2 aromatic carbocycles. The molecular formula is C35H34N4O5. The largest absolute Gasteiger partial charge is 0.460 e. The summed E-state index contributed by atoms with van der Waals surface area (Å²) < 4.78 is 7.25. The zero-order valence-corrected chi connectivity index (χ0v) is 25.0. The lowest BCUT2D eigenvalue weighted by Crippen LogP contribution is -2.51. The third kappa shape index (κ3) is 4.45. The second-order valence-electron chi connectivity index (χ2n) is 11.9. The Morgan fingerprint density at radius 1 is 0.977 bits per heavy atom. The van der Waals surface area contributed by atoms with E-state index in [1.54, 1.807) is 11.5 Å². The van der Waals surface area contributed by atoms with Crippen LogP contribution in [0.2, 0.25) is 0 Å². The van der Waals surface area contributed by atoms with Crippen molar-refractivity contribution in [2.75, 3.05) is 37.6 Å². The number of hydrogen-bond donors (Lipinski definition) is 0. The Morgan fingerprint density at radius 2 is 1.73 bits per heavy atom. The number of esters is 1. The molecule has 0 unspecified atom stereocenters. The smallest absolute Gasteiger partial charge is 0.324 e. The Kier molecular flexibility index (Phi) is 6.93. The van der Waals surface area contributed by atoms with Crippen LogP contribution in [0, 0.1) is 0 Å². The third-order valence-electron chi connectivity index (χ3n) is 9.60. The van der Waals surface area contributed by atoms with E-state index >= 15 is 0 Å². The van der Waals surface area contributed by atoms with Crippen molar-refractivity contribution in [3.63, 3.8) is 0 Å². The first-order chi connectivity index (χ1) is 21.3. The number of cyclic esters (lactones) is 1. The van der Waals surface area contributed by atoms with Crippen LogP contribution in [0.25, 0.3) is 22.3 Å². The van der Waals surface area contributed by atoms with Gasteiger partial charge in [-0.15, -0.1) is 0 Å². The van der Waals surface area contributed by atoms with E-state index in [-0.39, 0.29) is 36.6 Å². The highest BCUT2D eigenvalue weighted by molar-refractivity contribution is 6.10. The van der Waals surface area contributed by atoms with E-state index in [0.717, 1.165) is 48.3 Å². The number of rotatable bonds is 7. The topological polar surface area (TPSA) is 102 Å². The molecule has 9 heteroatoms. The van der Waals surface area contributed by atoms with E-state index in [1.807, 2.05) is 61.5 Å². The highest BCUT2D eigenvalue weighted by atomic mass is 16.5. The van der Waals surface area contributed by atoms with Crippen molar-refractivity contribution in [3.8, 4) is 11.4 Å². The number of fused-ring (bicyclic) bond motifs is 5. The van der Waals surface area contributed by atoms with Gasteiger partial charge in [-0.25, -0.2) is 4.98 Å². The standard InChI is InChI=1S/C35H34N4O5/c1-3-35(31(41)12-13-37-14-16-38(17-15-37)26-10-8-23(9-11-26)22(2)40)28-19-30-32-25(18-24-6-4-5-7-29(24)36-32)20-39(30)33(42)27(28)21-44-34(35)43/h4-11,18-19H,3,12-17,20-21H2,1-2H3/t35-/m1/s1. The van der Waals surface area contributed by atoms with Crippen molar-refractivity contribution < 1.29 is 19.1 Å². The van der Waals surface area contributed by atoms with Crippen LogP contribution < -0.4 is 10.5 Å². The summed E-state index contributed by atoms with van der Waals surface area (Å²) in [5, 5.41) is 1.00. The van der Waals surface area contributed by atoms with E-state index in [0.29, 0.717) is 41.2 Å². The minimum absolute atomic E-state index is 0.0464. The van der Waals surface area contributed by atoms with E-state index in [2.05, 4.69) is 15.9 Å². The maximum Gasteiger partial charge on any atom is 0.324 e. The van der Waals surface area contributed by atoms with Crippen LogP contribution in [-0.4, -0.2) is 64.7 Å². The summed E-state index contributed by atoms with van der Waals surface area (Å²) in [6.45, 7) is 7.27. The average Bonchev–Trinajstić information content (AvgIpc) is 3.40. The molecule has 9 nitrogen and oxygen atoms in total. The quantitative estimate of drug-likeness (QED) is 0.159. The molecule has 1 saturated heterocycles. The monoisotopic (exact) mass is 590 g/mol. The molecule has 224 valence electrons. The lowest BCUT2D eigenvalue weighted by molar-refractivity contribution is -0.158. The lowest BCUT2D eigenvalue weighted by Gasteiger charge is -2.38. The Morgan fingerprint density at radius 3 is 2.45 bits per heavy atom. The van der Waals surface area contributed by atoms with Crippen molar-refractivity contribution in [1.29, 1.82) is 0 Å². The minimum atomic E-state index is -1.53. The van der Waals surface area contributed by atoms with Crippen LogP contribution in [0.1, 0.15) is 53.7 Å². The van der Waals surface area contributed by atoms with Crippen LogP contribution in [0.4, 0.5) is 5.69 Å². The summed E-state index contributed by atoms with van der Waals surface area (Å²) in [4.78, 5) is 62.4. The molecule has 5 heterocycles.